The standard InChI is InChI=1S/C15H21NO/c16-11-15(8-1-2-9-15)17-14-7-6-12-4-3-5-13(12)10-14/h6-7,10H,1-5,8-9,11,16H2. The second-order valence-electron chi connectivity index (χ2n) is 5.48. The summed E-state index contributed by atoms with van der Waals surface area (Å²) in [4.78, 5) is 0. The van der Waals surface area contributed by atoms with Crippen molar-refractivity contribution in [2.45, 2.75) is 50.5 Å². The molecule has 0 saturated heterocycles. The van der Waals surface area contributed by atoms with Crippen LogP contribution in [0.4, 0.5) is 0 Å². The number of ether oxygens (including phenoxy) is 1. The van der Waals surface area contributed by atoms with Gasteiger partial charge < -0.3 is 10.5 Å². The molecule has 0 aliphatic heterocycles. The second-order valence-corrected chi connectivity index (χ2v) is 5.48. The highest BCUT2D eigenvalue weighted by molar-refractivity contribution is 5.38. The van der Waals surface area contributed by atoms with Gasteiger partial charge in [-0.2, -0.15) is 0 Å². The number of benzene rings is 1. The monoisotopic (exact) mass is 231 g/mol. The molecule has 1 fully saturated rings. The summed E-state index contributed by atoms with van der Waals surface area (Å²) in [7, 11) is 0. The van der Waals surface area contributed by atoms with Crippen LogP contribution < -0.4 is 10.5 Å². The first-order valence-corrected chi connectivity index (χ1v) is 6.82. The van der Waals surface area contributed by atoms with Crippen LogP contribution in [-0.4, -0.2) is 12.1 Å². The number of rotatable bonds is 3. The Bertz CT molecular complexity index is 407. The Hall–Kier alpha value is -1.02. The third kappa shape index (κ3) is 2.06. The van der Waals surface area contributed by atoms with Crippen molar-refractivity contribution >= 4 is 0 Å². The Kier molecular flexibility index (Phi) is 2.83. The van der Waals surface area contributed by atoms with E-state index in [1.54, 1.807) is 0 Å². The first kappa shape index (κ1) is 11.1. The van der Waals surface area contributed by atoms with Crippen molar-refractivity contribution in [1.82, 2.24) is 0 Å². The highest BCUT2D eigenvalue weighted by atomic mass is 16.5. The second kappa shape index (κ2) is 4.34. The van der Waals surface area contributed by atoms with Crippen LogP contribution in [0.2, 0.25) is 0 Å². The Morgan fingerprint density at radius 2 is 1.82 bits per heavy atom. The molecule has 2 aliphatic carbocycles. The zero-order valence-corrected chi connectivity index (χ0v) is 10.4. The molecule has 0 spiro atoms. The first-order valence-electron chi connectivity index (χ1n) is 6.82. The van der Waals surface area contributed by atoms with Crippen LogP contribution in [-0.2, 0) is 12.8 Å². The molecule has 0 unspecified atom stereocenters. The summed E-state index contributed by atoms with van der Waals surface area (Å²) in [5, 5.41) is 0. The summed E-state index contributed by atoms with van der Waals surface area (Å²) in [5.41, 5.74) is 8.81. The predicted octanol–water partition coefficient (Wildman–Crippen LogP) is 2.83. The van der Waals surface area contributed by atoms with Crippen LogP contribution in [0.3, 0.4) is 0 Å². The molecule has 0 amide bonds. The third-order valence-electron chi connectivity index (χ3n) is 4.29. The Morgan fingerprint density at radius 3 is 2.59 bits per heavy atom. The normalized spacial score (nSPS) is 21.5. The van der Waals surface area contributed by atoms with Crippen LogP contribution >= 0.6 is 0 Å². The average Bonchev–Trinajstić information content (AvgIpc) is 2.97. The number of fused-ring (bicyclic) bond motifs is 1. The van der Waals surface area contributed by atoms with Gasteiger partial charge in [0.2, 0.25) is 0 Å². The van der Waals surface area contributed by atoms with E-state index in [9.17, 15) is 0 Å². The third-order valence-corrected chi connectivity index (χ3v) is 4.29. The van der Waals surface area contributed by atoms with E-state index in [2.05, 4.69) is 18.2 Å². The van der Waals surface area contributed by atoms with Crippen LogP contribution in [0.25, 0.3) is 0 Å². The molecule has 2 N–H and O–H groups in total. The van der Waals surface area contributed by atoms with Crippen molar-refractivity contribution in [2.24, 2.45) is 5.73 Å². The average molecular weight is 231 g/mol. The van der Waals surface area contributed by atoms with Gasteiger partial charge >= 0.3 is 0 Å². The maximum Gasteiger partial charge on any atom is 0.121 e. The summed E-state index contributed by atoms with van der Waals surface area (Å²) < 4.78 is 6.21. The van der Waals surface area contributed by atoms with E-state index >= 15 is 0 Å². The van der Waals surface area contributed by atoms with Crippen LogP contribution in [0.15, 0.2) is 18.2 Å². The fourth-order valence-corrected chi connectivity index (χ4v) is 3.23. The van der Waals surface area contributed by atoms with Crippen LogP contribution in [0.5, 0.6) is 5.75 Å². The largest absolute Gasteiger partial charge is 0.486 e. The number of hydrogen-bond acceptors (Lipinski definition) is 2. The molecule has 0 atom stereocenters. The lowest BCUT2D eigenvalue weighted by molar-refractivity contribution is 0.0852. The highest BCUT2D eigenvalue weighted by Gasteiger charge is 2.34. The van der Waals surface area contributed by atoms with Crippen molar-refractivity contribution in [1.29, 1.82) is 0 Å². The van der Waals surface area contributed by atoms with Crippen molar-refractivity contribution in [3.8, 4) is 5.75 Å². The van der Waals surface area contributed by atoms with E-state index in [1.165, 1.54) is 43.2 Å². The Morgan fingerprint density at radius 1 is 1.06 bits per heavy atom. The van der Waals surface area contributed by atoms with Gasteiger partial charge in [-0.3, -0.25) is 0 Å². The van der Waals surface area contributed by atoms with Gasteiger partial charge in [-0.1, -0.05) is 6.07 Å². The van der Waals surface area contributed by atoms with Gasteiger partial charge in [-0.15, -0.1) is 0 Å². The molecule has 2 heteroatoms. The molecule has 1 aromatic carbocycles. The molecule has 1 aromatic rings. The van der Waals surface area contributed by atoms with Gasteiger partial charge in [-0.25, -0.2) is 0 Å². The van der Waals surface area contributed by atoms with Crippen LogP contribution in [0, 0.1) is 0 Å². The molecule has 2 aliphatic rings. The topological polar surface area (TPSA) is 35.2 Å². The van der Waals surface area contributed by atoms with Gasteiger partial charge in [0, 0.05) is 6.54 Å². The lowest BCUT2D eigenvalue weighted by Crippen LogP contribution is -2.40. The number of hydrogen-bond donors (Lipinski definition) is 1. The summed E-state index contributed by atoms with van der Waals surface area (Å²) in [5.74, 6) is 1.03. The minimum absolute atomic E-state index is 0.0765. The number of nitrogens with two attached hydrogens (primary N) is 1. The molecule has 1 saturated carbocycles. The predicted molar refractivity (Wildman–Crippen MR) is 69.3 cm³/mol. The minimum atomic E-state index is -0.0765. The molecule has 92 valence electrons. The van der Waals surface area contributed by atoms with Gasteiger partial charge in [0.25, 0.3) is 0 Å². The molecule has 3 rings (SSSR count). The summed E-state index contributed by atoms with van der Waals surface area (Å²) >= 11 is 0. The Labute approximate surface area is 103 Å². The van der Waals surface area contributed by atoms with Crippen molar-refractivity contribution in [2.75, 3.05) is 6.54 Å². The van der Waals surface area contributed by atoms with E-state index in [4.69, 9.17) is 10.5 Å². The summed E-state index contributed by atoms with van der Waals surface area (Å²) in [6.07, 6.45) is 8.46. The molecule has 0 radical (unpaired) electrons. The maximum atomic E-state index is 6.21. The first-order chi connectivity index (χ1) is 8.31. The molecular formula is C15H21NO. The molecule has 17 heavy (non-hydrogen) atoms. The van der Waals surface area contributed by atoms with Gasteiger partial charge in [0.05, 0.1) is 0 Å². The van der Waals surface area contributed by atoms with Gasteiger partial charge in [0.1, 0.15) is 11.4 Å². The van der Waals surface area contributed by atoms with E-state index < -0.39 is 0 Å². The zero-order valence-electron chi connectivity index (χ0n) is 10.4. The van der Waals surface area contributed by atoms with Crippen LogP contribution in [0.1, 0.15) is 43.2 Å². The summed E-state index contributed by atoms with van der Waals surface area (Å²) in [6.45, 7) is 0.643. The van der Waals surface area contributed by atoms with Crippen molar-refractivity contribution in [3.63, 3.8) is 0 Å². The van der Waals surface area contributed by atoms with Crippen molar-refractivity contribution < 1.29 is 4.74 Å². The molecule has 0 bridgehead atoms. The number of aryl methyl sites for hydroxylation is 2. The maximum absolute atomic E-state index is 6.21. The SMILES string of the molecule is NCC1(Oc2ccc3c(c2)CCC3)CCCC1. The van der Waals surface area contributed by atoms with Gasteiger partial charge in [-0.05, 0) is 68.2 Å². The van der Waals surface area contributed by atoms with Crippen molar-refractivity contribution in [3.05, 3.63) is 29.3 Å². The molecule has 0 aromatic heterocycles. The lowest BCUT2D eigenvalue weighted by atomic mass is 10.0. The smallest absolute Gasteiger partial charge is 0.121 e. The summed E-state index contributed by atoms with van der Waals surface area (Å²) in [6, 6.07) is 6.59. The quantitative estimate of drug-likeness (QED) is 0.868. The zero-order chi connectivity index (χ0) is 11.7. The fourth-order valence-electron chi connectivity index (χ4n) is 3.23. The minimum Gasteiger partial charge on any atom is -0.486 e. The molecule has 0 heterocycles. The van der Waals surface area contributed by atoms with E-state index in [0.717, 1.165) is 18.6 Å². The molecular weight excluding hydrogens is 210 g/mol. The molecule has 2 nitrogen and oxygen atoms in total. The van der Waals surface area contributed by atoms with Gasteiger partial charge in [0.15, 0.2) is 0 Å². The van der Waals surface area contributed by atoms with E-state index in [-0.39, 0.29) is 5.60 Å². The van der Waals surface area contributed by atoms with E-state index in [0.29, 0.717) is 6.54 Å². The van der Waals surface area contributed by atoms with E-state index in [1.807, 2.05) is 0 Å². The fraction of sp³-hybridized carbons (Fsp3) is 0.600. The Balaban J connectivity index is 1.80. The lowest BCUT2D eigenvalue weighted by Gasteiger charge is -2.29. The highest BCUT2D eigenvalue weighted by Crippen LogP contribution is 2.35.